The van der Waals surface area contributed by atoms with Gasteiger partial charge in [0.1, 0.15) is 0 Å². The zero-order chi connectivity index (χ0) is 11.6. The van der Waals surface area contributed by atoms with Crippen molar-refractivity contribution in [3.05, 3.63) is 0 Å². The van der Waals surface area contributed by atoms with Crippen LogP contribution in [0, 0.1) is 0 Å². The van der Waals surface area contributed by atoms with Crippen molar-refractivity contribution in [2.24, 2.45) is 0 Å². The van der Waals surface area contributed by atoms with Crippen LogP contribution in [-0.2, 0) is 13.9 Å². The van der Waals surface area contributed by atoms with Crippen LogP contribution in [0.2, 0.25) is 0 Å². The Labute approximate surface area is 83.0 Å². The van der Waals surface area contributed by atoms with Crippen LogP contribution >= 0.6 is 18.1 Å². The lowest BCUT2D eigenvalue weighted by molar-refractivity contribution is -0.179. The molecule has 4 nitrogen and oxygen atoms in total. The molecule has 0 radical (unpaired) electrons. The minimum atomic E-state index is -5.04. The second-order valence-electron chi connectivity index (χ2n) is 2.16. The Hall–Kier alpha value is -0.200. The third-order valence-electron chi connectivity index (χ3n) is 1.37. The fourth-order valence-electron chi connectivity index (χ4n) is 0.614. The van der Waals surface area contributed by atoms with Gasteiger partial charge in [0.15, 0.2) is 0 Å². The molecule has 9 heteroatoms. The first kappa shape index (κ1) is 13.8. The fourth-order valence-corrected chi connectivity index (χ4v) is 2.99. The van der Waals surface area contributed by atoms with Crippen molar-refractivity contribution < 1.29 is 27.1 Å². The van der Waals surface area contributed by atoms with Crippen LogP contribution in [0.1, 0.15) is 0 Å². The van der Waals surface area contributed by atoms with Gasteiger partial charge in [-0.05, 0) is 6.26 Å². The molecule has 1 atom stereocenters. The van der Waals surface area contributed by atoms with E-state index in [1.54, 1.807) is 0 Å². The number of carbonyl (C=O) groups excluding carboxylic acids is 1. The first-order valence-corrected chi connectivity index (χ1v) is 6.66. The van der Waals surface area contributed by atoms with Crippen LogP contribution in [0.15, 0.2) is 0 Å². The van der Waals surface area contributed by atoms with Crippen LogP contribution in [0.4, 0.5) is 13.2 Å². The molecule has 0 aliphatic carbocycles. The predicted molar refractivity (Wildman–Crippen MR) is 47.0 cm³/mol. The molecule has 1 amide bonds. The lowest BCUT2D eigenvalue weighted by atomic mass is 10.6. The fraction of sp³-hybridized carbons (Fsp3) is 0.800. The number of halogens is 3. The molecule has 0 saturated carbocycles. The monoisotopic (exact) mass is 251 g/mol. The molecule has 1 unspecified atom stereocenters. The summed E-state index contributed by atoms with van der Waals surface area (Å²) in [6.45, 7) is -3.74. The number of amides is 1. The van der Waals surface area contributed by atoms with E-state index in [0.717, 1.165) is 14.2 Å². The van der Waals surface area contributed by atoms with Gasteiger partial charge in [0.25, 0.3) is 0 Å². The lowest BCUT2D eigenvalue weighted by Gasteiger charge is -2.24. The number of carbonyl (C=O) groups is 1. The van der Waals surface area contributed by atoms with Gasteiger partial charge >= 0.3 is 18.8 Å². The Balaban J connectivity index is 4.87. The number of alkyl halides is 3. The van der Waals surface area contributed by atoms with E-state index < -0.39 is 18.8 Å². The highest BCUT2D eigenvalue weighted by Gasteiger charge is 2.47. The Morgan fingerprint density at radius 2 is 1.93 bits per heavy atom. The lowest BCUT2D eigenvalue weighted by Crippen LogP contribution is -2.36. The van der Waals surface area contributed by atoms with Crippen molar-refractivity contribution in [2.75, 3.05) is 20.4 Å². The van der Waals surface area contributed by atoms with Crippen LogP contribution < -0.4 is 0 Å². The second-order valence-corrected chi connectivity index (χ2v) is 6.91. The number of hydrogen-bond acceptors (Lipinski definition) is 4. The zero-order valence-corrected chi connectivity index (χ0v) is 9.37. The molecule has 84 valence electrons. The average Bonchev–Trinajstić information content (AvgIpc) is 2.12. The summed E-state index contributed by atoms with van der Waals surface area (Å²) in [6.07, 6.45) is -3.75. The van der Waals surface area contributed by atoms with E-state index in [9.17, 15) is 22.5 Å². The summed E-state index contributed by atoms with van der Waals surface area (Å²) in [6, 6.07) is 0. The number of nitrogens with zero attached hydrogens (tertiary/aromatic N) is 1. The van der Waals surface area contributed by atoms with E-state index in [4.69, 9.17) is 0 Å². The van der Waals surface area contributed by atoms with Gasteiger partial charge in [-0.2, -0.15) is 13.2 Å². The molecule has 0 N–H and O–H groups in total. The van der Waals surface area contributed by atoms with E-state index >= 15 is 0 Å². The van der Waals surface area contributed by atoms with Gasteiger partial charge in [-0.15, -0.1) is 0 Å². The van der Waals surface area contributed by atoms with E-state index in [1.165, 1.54) is 6.26 Å². The Bertz CT molecular complexity index is 261. The molecule has 0 rings (SSSR count). The molecule has 0 aromatic carbocycles. The van der Waals surface area contributed by atoms with Gasteiger partial charge in [0.05, 0.1) is 0 Å². The third-order valence-corrected chi connectivity index (χ3v) is 5.77. The molecule has 0 aliphatic rings. The first-order valence-electron chi connectivity index (χ1n) is 3.26. The highest BCUT2D eigenvalue weighted by molar-refractivity contribution is 8.55. The summed E-state index contributed by atoms with van der Waals surface area (Å²) in [5.41, 5.74) is 0. The van der Waals surface area contributed by atoms with Crippen molar-refractivity contribution in [1.29, 1.82) is 0 Å². The Kier molecular flexibility index (Phi) is 4.48. The van der Waals surface area contributed by atoms with Crippen molar-refractivity contribution in [1.82, 2.24) is 4.67 Å². The molecule has 0 heterocycles. The van der Waals surface area contributed by atoms with Gasteiger partial charge < -0.3 is 4.52 Å². The summed E-state index contributed by atoms with van der Waals surface area (Å²) in [4.78, 5) is 10.7. The molecular weight excluding hydrogens is 242 g/mol. The van der Waals surface area contributed by atoms with Crippen molar-refractivity contribution >= 4 is 24.0 Å². The Morgan fingerprint density at radius 1 is 1.50 bits per heavy atom. The maximum atomic E-state index is 11.9. The summed E-state index contributed by atoms with van der Waals surface area (Å²) in [7, 11) is 1.77. The highest BCUT2D eigenvalue weighted by atomic mass is 32.7. The molecule has 14 heavy (non-hydrogen) atoms. The minimum absolute atomic E-state index is 0.0810. The molecule has 0 aliphatic heterocycles. The topological polar surface area (TPSA) is 46.6 Å². The smallest absolute Gasteiger partial charge is 0.309 e. The van der Waals surface area contributed by atoms with Crippen LogP contribution in [0.25, 0.3) is 0 Å². The quantitative estimate of drug-likeness (QED) is 0.721. The van der Waals surface area contributed by atoms with Crippen LogP contribution in [-0.4, -0.2) is 37.2 Å². The van der Waals surface area contributed by atoms with Gasteiger partial charge in [-0.25, -0.2) is 0 Å². The molecule has 0 saturated heterocycles. The van der Waals surface area contributed by atoms with Gasteiger partial charge in [0.2, 0.25) is 0 Å². The number of rotatable bonds is 3. The van der Waals surface area contributed by atoms with Crippen molar-refractivity contribution in [2.45, 2.75) is 6.18 Å². The first-order chi connectivity index (χ1) is 6.19. The summed E-state index contributed by atoms with van der Waals surface area (Å²) >= 11 is 0.563. The van der Waals surface area contributed by atoms with E-state index in [-0.39, 0.29) is 4.67 Å². The normalized spacial score (nSPS) is 16.1. The van der Waals surface area contributed by atoms with Crippen molar-refractivity contribution in [3.63, 3.8) is 0 Å². The van der Waals surface area contributed by atoms with E-state index in [2.05, 4.69) is 4.52 Å². The van der Waals surface area contributed by atoms with Gasteiger partial charge in [0, 0.05) is 14.2 Å². The zero-order valence-electron chi connectivity index (χ0n) is 7.66. The van der Waals surface area contributed by atoms with E-state index in [1.807, 2.05) is 0 Å². The van der Waals surface area contributed by atoms with Crippen LogP contribution in [0.5, 0.6) is 0 Å². The Morgan fingerprint density at radius 3 is 2.14 bits per heavy atom. The average molecular weight is 251 g/mol. The summed E-state index contributed by atoms with van der Waals surface area (Å²) in [5, 5.41) is 0. The number of hydrogen-bond donors (Lipinski definition) is 0. The minimum Gasteiger partial charge on any atom is -0.309 e. The maximum Gasteiger partial charge on any atom is 0.471 e. The SMILES string of the molecule is COP(=O)(SC)N(C)C(=O)C(F)(F)F. The molecule has 0 spiro atoms. The van der Waals surface area contributed by atoms with Crippen LogP contribution in [0.3, 0.4) is 0 Å². The molecule has 0 aromatic heterocycles. The highest BCUT2D eigenvalue weighted by Crippen LogP contribution is 2.60. The van der Waals surface area contributed by atoms with Gasteiger partial charge in [-0.1, -0.05) is 11.4 Å². The largest absolute Gasteiger partial charge is 0.471 e. The molecule has 0 bridgehead atoms. The summed E-state index contributed by atoms with van der Waals surface area (Å²) < 4.78 is 51.7. The molecular formula is C5H9F3NO3PS. The van der Waals surface area contributed by atoms with Gasteiger partial charge in [-0.3, -0.25) is 14.0 Å². The standard InChI is InChI=1S/C5H9F3NO3PS/c1-9(4(10)5(6,7)8)13(11,12-2)14-3/h1-3H3. The van der Waals surface area contributed by atoms with E-state index in [0.29, 0.717) is 11.4 Å². The second kappa shape index (κ2) is 4.55. The maximum absolute atomic E-state index is 11.9. The summed E-state index contributed by atoms with van der Waals surface area (Å²) in [5.74, 6) is -2.18. The predicted octanol–water partition coefficient (Wildman–Crippen LogP) is 2.12. The van der Waals surface area contributed by atoms with Crippen molar-refractivity contribution in [3.8, 4) is 0 Å². The molecule has 0 fully saturated rings. The third kappa shape index (κ3) is 2.90. The molecule has 0 aromatic rings.